The van der Waals surface area contributed by atoms with Crippen LogP contribution in [0.4, 0.5) is 0 Å². The van der Waals surface area contributed by atoms with Gasteiger partial charge in [0.05, 0.1) is 6.61 Å². The van der Waals surface area contributed by atoms with E-state index in [-0.39, 0.29) is 5.41 Å². The summed E-state index contributed by atoms with van der Waals surface area (Å²) in [6, 6.07) is 10.6. The number of rotatable bonds is 5. The Balaban J connectivity index is 1.69. The molecule has 1 atom stereocenters. The quantitative estimate of drug-likeness (QED) is 0.629. The van der Waals surface area contributed by atoms with Crippen molar-refractivity contribution < 1.29 is 4.74 Å². The Morgan fingerprint density at radius 1 is 1.33 bits per heavy atom. The van der Waals surface area contributed by atoms with E-state index in [0.29, 0.717) is 0 Å². The van der Waals surface area contributed by atoms with Crippen LogP contribution in [0.2, 0.25) is 0 Å². The number of hydrogen-bond donors (Lipinski definition) is 2. The van der Waals surface area contributed by atoms with Gasteiger partial charge in [0.15, 0.2) is 0 Å². The number of allylic oxidation sites excluding steroid dienone is 1. The molecule has 1 aromatic rings. The van der Waals surface area contributed by atoms with Crippen molar-refractivity contribution in [2.45, 2.75) is 19.8 Å². The molecule has 0 amide bonds. The Morgan fingerprint density at radius 3 is 2.78 bits per heavy atom. The molecule has 1 N–H and O–H groups in total. The van der Waals surface area contributed by atoms with Crippen LogP contribution in [0.1, 0.15) is 18.9 Å². The van der Waals surface area contributed by atoms with E-state index in [1.54, 1.807) is 0 Å². The normalized spacial score (nSPS) is 23.3. The van der Waals surface area contributed by atoms with Crippen molar-refractivity contribution in [1.82, 2.24) is 5.32 Å². The largest absolute Gasteiger partial charge is 0.487 e. The van der Waals surface area contributed by atoms with Crippen LogP contribution in [-0.2, 0) is 11.2 Å². The summed E-state index contributed by atoms with van der Waals surface area (Å²) in [5, 5.41) is 4.29. The first kappa shape index (κ1) is 13.5. The molecule has 0 saturated carbocycles. The van der Waals surface area contributed by atoms with E-state index >= 15 is 0 Å². The van der Waals surface area contributed by atoms with Gasteiger partial charge in [0.2, 0.25) is 0 Å². The maximum absolute atomic E-state index is 5.49. The van der Waals surface area contributed by atoms with Gasteiger partial charge in [-0.2, -0.15) is 0 Å². The van der Waals surface area contributed by atoms with Crippen LogP contribution < -0.4 is 5.32 Å². The first-order valence-electron chi connectivity index (χ1n) is 6.45. The summed E-state index contributed by atoms with van der Waals surface area (Å²) in [5.74, 6) is 0. The number of benzene rings is 1. The summed E-state index contributed by atoms with van der Waals surface area (Å²) in [4.78, 5) is 0. The second-order valence-corrected chi connectivity index (χ2v) is 5.70. The molecule has 0 saturated heterocycles. The molecule has 3 heteroatoms. The fourth-order valence-corrected chi connectivity index (χ4v) is 2.25. The summed E-state index contributed by atoms with van der Waals surface area (Å²) in [6.45, 7) is 4.99. The highest BCUT2D eigenvalue weighted by Gasteiger charge is 2.27. The topological polar surface area (TPSA) is 21.3 Å². The summed E-state index contributed by atoms with van der Waals surface area (Å²) in [7, 11) is 0. The van der Waals surface area contributed by atoms with Crippen molar-refractivity contribution in [2.24, 2.45) is 5.41 Å². The lowest BCUT2D eigenvalue weighted by molar-refractivity contribution is 0.0987. The molecule has 2 rings (SSSR count). The molecule has 0 aromatic heterocycles. The van der Waals surface area contributed by atoms with Gasteiger partial charge in [-0.05, 0) is 31.0 Å². The Bertz CT molecular complexity index is 404. The fourth-order valence-electron chi connectivity index (χ4n) is 2.09. The summed E-state index contributed by atoms with van der Waals surface area (Å²) in [6.07, 6.45) is 4.17. The molecule has 1 heterocycles. The highest BCUT2D eigenvalue weighted by Crippen LogP contribution is 2.28. The third-order valence-electron chi connectivity index (χ3n) is 3.32. The molecule has 18 heavy (non-hydrogen) atoms. The van der Waals surface area contributed by atoms with Gasteiger partial charge < -0.3 is 10.1 Å². The van der Waals surface area contributed by atoms with Crippen molar-refractivity contribution in [2.75, 3.05) is 19.7 Å². The maximum Gasteiger partial charge on any atom is 0.146 e. The molecule has 0 radical (unpaired) electrons. The highest BCUT2D eigenvalue weighted by molar-refractivity contribution is 7.84. The van der Waals surface area contributed by atoms with Crippen LogP contribution in [0.25, 0.3) is 0 Å². The smallest absolute Gasteiger partial charge is 0.146 e. The lowest BCUT2D eigenvalue weighted by Gasteiger charge is -2.32. The molecule has 0 bridgehead atoms. The van der Waals surface area contributed by atoms with Gasteiger partial charge in [-0.25, -0.2) is 0 Å². The van der Waals surface area contributed by atoms with E-state index in [9.17, 15) is 0 Å². The monoisotopic (exact) mass is 263 g/mol. The van der Waals surface area contributed by atoms with Gasteiger partial charge in [0.25, 0.3) is 0 Å². The Hall–Kier alpha value is -0.930. The number of ether oxygens (including phenoxy) is 1. The third kappa shape index (κ3) is 4.07. The van der Waals surface area contributed by atoms with E-state index in [1.165, 1.54) is 5.56 Å². The first-order chi connectivity index (χ1) is 8.68. The van der Waals surface area contributed by atoms with Crippen LogP contribution in [0, 0.1) is 5.41 Å². The third-order valence-corrected chi connectivity index (χ3v) is 3.63. The van der Waals surface area contributed by atoms with Gasteiger partial charge in [0, 0.05) is 12.0 Å². The molecular formula is C15H21NOS. The predicted molar refractivity (Wildman–Crippen MR) is 78.8 cm³/mol. The highest BCUT2D eigenvalue weighted by atomic mass is 32.1. The minimum absolute atomic E-state index is 0.197. The average Bonchev–Trinajstić information content (AvgIpc) is 2.40. The van der Waals surface area contributed by atoms with Crippen LogP contribution >= 0.6 is 12.6 Å². The number of hydrogen-bond acceptors (Lipinski definition) is 3. The molecule has 1 aliphatic heterocycles. The van der Waals surface area contributed by atoms with Gasteiger partial charge in [0.1, 0.15) is 5.09 Å². The lowest BCUT2D eigenvalue weighted by atomic mass is 9.86. The lowest BCUT2D eigenvalue weighted by Crippen LogP contribution is -2.37. The van der Waals surface area contributed by atoms with Crippen molar-refractivity contribution in [3.8, 4) is 0 Å². The number of thiol groups is 1. The van der Waals surface area contributed by atoms with E-state index in [2.05, 4.69) is 61.3 Å². The minimum Gasteiger partial charge on any atom is -0.487 e. The van der Waals surface area contributed by atoms with E-state index in [1.807, 2.05) is 0 Å². The van der Waals surface area contributed by atoms with Gasteiger partial charge >= 0.3 is 0 Å². The maximum atomic E-state index is 5.49. The van der Waals surface area contributed by atoms with Gasteiger partial charge in [-0.15, -0.1) is 12.6 Å². The molecular weight excluding hydrogens is 242 g/mol. The second kappa shape index (κ2) is 6.30. The molecule has 1 aliphatic rings. The van der Waals surface area contributed by atoms with Crippen molar-refractivity contribution >= 4 is 12.6 Å². The van der Waals surface area contributed by atoms with Crippen LogP contribution in [0.5, 0.6) is 0 Å². The van der Waals surface area contributed by atoms with Gasteiger partial charge in [-0.3, -0.25) is 0 Å². The molecule has 0 aliphatic carbocycles. The predicted octanol–water partition coefficient (Wildman–Crippen LogP) is 3.02. The van der Waals surface area contributed by atoms with Crippen molar-refractivity contribution in [3.05, 3.63) is 47.1 Å². The Kier molecular flexibility index (Phi) is 4.72. The molecule has 2 nitrogen and oxygen atoms in total. The molecule has 1 aromatic carbocycles. The standard InChI is InChI=1S/C15H21NOS/c1-15(9-7-14(18)17-12-15)11-16-10-8-13-5-3-2-4-6-13/h2-7,16,18H,8-12H2,1H3. The van der Waals surface area contributed by atoms with Crippen molar-refractivity contribution in [3.63, 3.8) is 0 Å². The van der Waals surface area contributed by atoms with Gasteiger partial charge in [-0.1, -0.05) is 37.3 Å². The zero-order valence-electron chi connectivity index (χ0n) is 10.9. The summed E-state index contributed by atoms with van der Waals surface area (Å²) < 4.78 is 5.49. The zero-order chi connectivity index (χ0) is 12.8. The second-order valence-electron chi connectivity index (χ2n) is 5.26. The molecule has 0 fully saturated rings. The first-order valence-corrected chi connectivity index (χ1v) is 6.89. The van der Waals surface area contributed by atoms with E-state index in [0.717, 1.165) is 37.6 Å². The SMILES string of the molecule is CC1(CNCCc2ccccc2)CC=C(S)OC1. The molecule has 1 unspecified atom stereocenters. The summed E-state index contributed by atoms with van der Waals surface area (Å²) >= 11 is 4.21. The van der Waals surface area contributed by atoms with Crippen LogP contribution in [0.15, 0.2) is 41.5 Å². The van der Waals surface area contributed by atoms with Crippen LogP contribution in [0.3, 0.4) is 0 Å². The van der Waals surface area contributed by atoms with Crippen molar-refractivity contribution in [1.29, 1.82) is 0 Å². The molecule has 0 spiro atoms. The summed E-state index contributed by atoms with van der Waals surface area (Å²) in [5.41, 5.74) is 1.58. The Morgan fingerprint density at radius 2 is 2.11 bits per heavy atom. The van der Waals surface area contributed by atoms with Crippen LogP contribution in [-0.4, -0.2) is 19.7 Å². The zero-order valence-corrected chi connectivity index (χ0v) is 11.7. The minimum atomic E-state index is 0.197. The Labute approximate surface area is 115 Å². The fraction of sp³-hybridized carbons (Fsp3) is 0.467. The average molecular weight is 263 g/mol. The van der Waals surface area contributed by atoms with E-state index in [4.69, 9.17) is 4.74 Å². The number of nitrogens with one attached hydrogen (secondary N) is 1. The van der Waals surface area contributed by atoms with E-state index < -0.39 is 0 Å². The molecule has 98 valence electrons.